The minimum atomic E-state index is -3.74. The molecule has 0 saturated heterocycles. The van der Waals surface area contributed by atoms with Crippen LogP contribution in [0.4, 0.5) is 0 Å². The first-order chi connectivity index (χ1) is 11.3. The number of ether oxygens (including phenoxy) is 1. The van der Waals surface area contributed by atoms with E-state index in [1.807, 2.05) is 0 Å². The van der Waals surface area contributed by atoms with Gasteiger partial charge >= 0.3 is 5.97 Å². The van der Waals surface area contributed by atoms with E-state index < -0.39 is 27.3 Å². The van der Waals surface area contributed by atoms with E-state index in [-0.39, 0.29) is 30.2 Å². The van der Waals surface area contributed by atoms with Gasteiger partial charge in [-0.1, -0.05) is 6.07 Å². The summed E-state index contributed by atoms with van der Waals surface area (Å²) in [4.78, 5) is 23.2. The summed E-state index contributed by atoms with van der Waals surface area (Å²) < 4.78 is 31.4. The average Bonchev–Trinajstić information content (AvgIpc) is 3.34. The summed E-state index contributed by atoms with van der Waals surface area (Å²) in [6.45, 7) is 0.386. The Bertz CT molecular complexity index is 727. The highest BCUT2D eigenvalue weighted by Gasteiger charge is 2.50. The predicted octanol–water partition coefficient (Wildman–Crippen LogP) is 0.206. The molecular weight excluding hydrogens is 336 g/mol. The van der Waals surface area contributed by atoms with Gasteiger partial charge in [-0.05, 0) is 31.0 Å². The fourth-order valence-electron chi connectivity index (χ4n) is 2.13. The van der Waals surface area contributed by atoms with Crippen LogP contribution in [0.2, 0.25) is 0 Å². The van der Waals surface area contributed by atoms with Crippen molar-refractivity contribution in [3.05, 3.63) is 29.8 Å². The number of carboxylic acid groups (broad SMARTS) is 1. The quantitative estimate of drug-likeness (QED) is 0.544. The second-order valence-corrected chi connectivity index (χ2v) is 7.45. The number of methoxy groups -OCH3 is 1. The standard InChI is InChI=1S/C15H20N2O6S/c1-23-8-7-17-24(21,22)12-4-2-3-11(9-12)13(18)16-10-15(5-6-15)14(19)20/h2-4,9,17H,5-8,10H2,1H3,(H,16,18)(H,19,20). The number of amides is 1. The highest BCUT2D eigenvalue weighted by molar-refractivity contribution is 7.89. The van der Waals surface area contributed by atoms with E-state index in [4.69, 9.17) is 9.84 Å². The molecule has 1 fully saturated rings. The maximum atomic E-state index is 12.1. The fourth-order valence-corrected chi connectivity index (χ4v) is 3.19. The van der Waals surface area contributed by atoms with Gasteiger partial charge in [0.05, 0.1) is 16.9 Å². The molecule has 0 radical (unpaired) electrons. The molecule has 3 N–H and O–H groups in total. The van der Waals surface area contributed by atoms with E-state index in [9.17, 15) is 18.0 Å². The van der Waals surface area contributed by atoms with Gasteiger partial charge in [-0.25, -0.2) is 13.1 Å². The smallest absolute Gasteiger partial charge is 0.311 e. The number of hydrogen-bond acceptors (Lipinski definition) is 5. The Morgan fingerprint density at radius 2 is 2.04 bits per heavy atom. The lowest BCUT2D eigenvalue weighted by Crippen LogP contribution is -2.34. The Hall–Kier alpha value is -1.97. The van der Waals surface area contributed by atoms with Gasteiger partial charge in [0.15, 0.2) is 0 Å². The number of benzene rings is 1. The van der Waals surface area contributed by atoms with Crippen LogP contribution in [-0.4, -0.2) is 52.2 Å². The summed E-state index contributed by atoms with van der Waals surface area (Å²) >= 11 is 0. The molecule has 0 aliphatic heterocycles. The van der Waals surface area contributed by atoms with Gasteiger partial charge in [-0.2, -0.15) is 0 Å². The van der Waals surface area contributed by atoms with Crippen LogP contribution in [0.1, 0.15) is 23.2 Å². The zero-order chi connectivity index (χ0) is 17.8. The Balaban J connectivity index is 2.04. The second kappa shape index (κ2) is 7.29. The molecule has 132 valence electrons. The van der Waals surface area contributed by atoms with E-state index in [0.717, 1.165) is 0 Å². The number of sulfonamides is 1. The van der Waals surface area contributed by atoms with E-state index in [1.54, 1.807) is 0 Å². The van der Waals surface area contributed by atoms with Crippen molar-refractivity contribution < 1.29 is 27.9 Å². The Morgan fingerprint density at radius 3 is 2.62 bits per heavy atom. The monoisotopic (exact) mass is 356 g/mol. The highest BCUT2D eigenvalue weighted by Crippen LogP contribution is 2.45. The largest absolute Gasteiger partial charge is 0.481 e. The first kappa shape index (κ1) is 18.4. The van der Waals surface area contributed by atoms with Crippen LogP contribution in [0.25, 0.3) is 0 Å². The SMILES string of the molecule is COCCNS(=O)(=O)c1cccc(C(=O)NCC2(C(=O)O)CC2)c1. The number of hydrogen-bond donors (Lipinski definition) is 3. The first-order valence-electron chi connectivity index (χ1n) is 7.41. The lowest BCUT2D eigenvalue weighted by Gasteiger charge is -2.12. The van der Waals surface area contributed by atoms with Crippen molar-refractivity contribution in [2.45, 2.75) is 17.7 Å². The van der Waals surface area contributed by atoms with Crippen molar-refractivity contribution in [3.8, 4) is 0 Å². The van der Waals surface area contributed by atoms with Gasteiger partial charge in [0.25, 0.3) is 5.91 Å². The molecule has 8 nitrogen and oxygen atoms in total. The van der Waals surface area contributed by atoms with Crippen LogP contribution in [0.3, 0.4) is 0 Å². The molecule has 1 aromatic carbocycles. The van der Waals surface area contributed by atoms with Crippen molar-refractivity contribution in [2.24, 2.45) is 5.41 Å². The molecule has 1 aromatic rings. The molecule has 24 heavy (non-hydrogen) atoms. The third-order valence-corrected chi connectivity index (χ3v) is 5.36. The lowest BCUT2D eigenvalue weighted by atomic mass is 10.1. The summed E-state index contributed by atoms with van der Waals surface area (Å²) in [6, 6.07) is 5.57. The topological polar surface area (TPSA) is 122 Å². The van der Waals surface area contributed by atoms with Crippen LogP contribution < -0.4 is 10.0 Å². The molecule has 2 rings (SSSR count). The molecule has 1 amide bonds. The van der Waals surface area contributed by atoms with Gasteiger partial charge in [-0.15, -0.1) is 0 Å². The van der Waals surface area contributed by atoms with Crippen LogP contribution in [-0.2, 0) is 19.6 Å². The molecule has 1 aliphatic rings. The van der Waals surface area contributed by atoms with Gasteiger partial charge in [0.1, 0.15) is 0 Å². The van der Waals surface area contributed by atoms with Crippen LogP contribution in [0, 0.1) is 5.41 Å². The maximum Gasteiger partial charge on any atom is 0.311 e. The Labute approximate surface area is 140 Å². The number of rotatable bonds is 9. The second-order valence-electron chi connectivity index (χ2n) is 5.69. The lowest BCUT2D eigenvalue weighted by molar-refractivity contribution is -0.143. The van der Waals surface area contributed by atoms with Crippen molar-refractivity contribution in [1.82, 2.24) is 10.0 Å². The summed E-state index contributed by atoms with van der Waals surface area (Å²) in [5, 5.41) is 11.7. The van der Waals surface area contributed by atoms with Crippen molar-refractivity contribution in [1.29, 1.82) is 0 Å². The van der Waals surface area contributed by atoms with E-state index in [1.165, 1.54) is 31.4 Å². The van der Waals surface area contributed by atoms with E-state index in [2.05, 4.69) is 10.0 Å². The number of carbonyl (C=O) groups is 2. The zero-order valence-electron chi connectivity index (χ0n) is 13.2. The van der Waals surface area contributed by atoms with E-state index >= 15 is 0 Å². The molecule has 0 atom stereocenters. The number of nitrogens with one attached hydrogen (secondary N) is 2. The predicted molar refractivity (Wildman–Crippen MR) is 85.1 cm³/mol. The summed E-state index contributed by atoms with van der Waals surface area (Å²) in [5.41, 5.74) is -0.716. The van der Waals surface area contributed by atoms with Gasteiger partial charge < -0.3 is 15.2 Å². The molecule has 0 spiro atoms. The average molecular weight is 356 g/mol. The van der Waals surface area contributed by atoms with Gasteiger partial charge in [-0.3, -0.25) is 9.59 Å². The van der Waals surface area contributed by atoms with Gasteiger partial charge in [0, 0.05) is 25.8 Å². The summed E-state index contributed by atoms with van der Waals surface area (Å²) in [5.74, 6) is -1.43. The molecule has 1 saturated carbocycles. The van der Waals surface area contributed by atoms with Crippen molar-refractivity contribution >= 4 is 21.9 Å². The van der Waals surface area contributed by atoms with Crippen LogP contribution in [0.15, 0.2) is 29.2 Å². The molecular formula is C15H20N2O6S. The van der Waals surface area contributed by atoms with Crippen molar-refractivity contribution in [2.75, 3.05) is 26.8 Å². The molecule has 0 heterocycles. The molecule has 1 aliphatic carbocycles. The fraction of sp³-hybridized carbons (Fsp3) is 0.467. The minimum absolute atomic E-state index is 0.0320. The zero-order valence-corrected chi connectivity index (χ0v) is 14.1. The molecule has 0 unspecified atom stereocenters. The third kappa shape index (κ3) is 4.31. The molecule has 0 bridgehead atoms. The third-order valence-electron chi connectivity index (χ3n) is 3.90. The van der Waals surface area contributed by atoms with Crippen LogP contribution in [0.5, 0.6) is 0 Å². The minimum Gasteiger partial charge on any atom is -0.481 e. The van der Waals surface area contributed by atoms with E-state index in [0.29, 0.717) is 12.8 Å². The first-order valence-corrected chi connectivity index (χ1v) is 8.89. The highest BCUT2D eigenvalue weighted by atomic mass is 32.2. The van der Waals surface area contributed by atoms with Gasteiger partial charge in [0.2, 0.25) is 10.0 Å². The number of aliphatic carboxylic acids is 1. The summed E-state index contributed by atoms with van der Waals surface area (Å²) in [6.07, 6.45) is 1.06. The molecule has 0 aromatic heterocycles. The summed E-state index contributed by atoms with van der Waals surface area (Å²) in [7, 11) is -2.28. The van der Waals surface area contributed by atoms with Crippen molar-refractivity contribution in [3.63, 3.8) is 0 Å². The van der Waals surface area contributed by atoms with Crippen LogP contribution >= 0.6 is 0 Å². The maximum absolute atomic E-state index is 12.1. The Morgan fingerprint density at radius 1 is 1.33 bits per heavy atom. The number of carbonyl (C=O) groups excluding carboxylic acids is 1. The Kier molecular flexibility index (Phi) is 5.58. The number of carboxylic acids is 1. The normalized spacial score (nSPS) is 15.7. The molecule has 9 heteroatoms.